The fraction of sp³-hybridized carbons (Fsp3) is 0.0625. The van der Waals surface area contributed by atoms with E-state index in [9.17, 15) is 10.1 Å². The smallest absolute Gasteiger partial charge is 0.270 e. The molecule has 3 aromatic rings. The first-order valence-electron chi connectivity index (χ1n) is 6.47. The summed E-state index contributed by atoms with van der Waals surface area (Å²) in [7, 11) is 0. The van der Waals surface area contributed by atoms with Crippen LogP contribution in [0.1, 0.15) is 5.69 Å². The number of pyridine rings is 1. The van der Waals surface area contributed by atoms with E-state index in [1.165, 1.54) is 12.1 Å². The normalized spacial score (nSPS) is 10.7. The highest BCUT2D eigenvalue weighted by Gasteiger charge is 2.15. The maximum Gasteiger partial charge on any atom is 0.270 e. The number of benzene rings is 2. The maximum absolute atomic E-state index is 10.9. The monoisotopic (exact) mass is 279 g/mol. The summed E-state index contributed by atoms with van der Waals surface area (Å²) in [6, 6.07) is 14.2. The first-order chi connectivity index (χ1) is 10.1. The lowest BCUT2D eigenvalue weighted by atomic mass is 9.99. The van der Waals surface area contributed by atoms with Crippen LogP contribution < -0.4 is 5.73 Å². The number of fused-ring (bicyclic) bond motifs is 1. The molecule has 2 N–H and O–H groups in total. The Morgan fingerprint density at radius 1 is 1.14 bits per heavy atom. The molecule has 5 heteroatoms. The second-order valence-electron chi connectivity index (χ2n) is 4.81. The molecule has 21 heavy (non-hydrogen) atoms. The van der Waals surface area contributed by atoms with Gasteiger partial charge in [0.1, 0.15) is 0 Å². The number of aryl methyl sites for hydroxylation is 1. The molecule has 0 aliphatic carbocycles. The average molecular weight is 279 g/mol. The minimum atomic E-state index is -0.430. The molecule has 0 saturated carbocycles. The van der Waals surface area contributed by atoms with Crippen molar-refractivity contribution >= 4 is 22.3 Å². The van der Waals surface area contributed by atoms with E-state index in [1.54, 1.807) is 6.07 Å². The molecular weight excluding hydrogens is 266 g/mol. The Morgan fingerprint density at radius 2 is 1.86 bits per heavy atom. The van der Waals surface area contributed by atoms with Gasteiger partial charge >= 0.3 is 0 Å². The molecule has 1 heterocycles. The lowest BCUT2D eigenvalue weighted by molar-refractivity contribution is -0.384. The molecule has 3 rings (SSSR count). The predicted octanol–water partition coefficient (Wildman–Crippen LogP) is 3.70. The zero-order chi connectivity index (χ0) is 15.0. The van der Waals surface area contributed by atoms with Crippen molar-refractivity contribution in [2.75, 3.05) is 5.73 Å². The first kappa shape index (κ1) is 13.1. The van der Waals surface area contributed by atoms with Crippen molar-refractivity contribution in [1.29, 1.82) is 0 Å². The van der Waals surface area contributed by atoms with Crippen molar-refractivity contribution in [2.24, 2.45) is 0 Å². The molecule has 0 unspecified atom stereocenters. The van der Waals surface area contributed by atoms with E-state index in [1.807, 2.05) is 37.3 Å². The summed E-state index contributed by atoms with van der Waals surface area (Å²) in [5.74, 6) is 0. The number of hydrogen-bond acceptors (Lipinski definition) is 4. The molecule has 0 radical (unpaired) electrons. The van der Waals surface area contributed by atoms with Crippen molar-refractivity contribution in [1.82, 2.24) is 4.98 Å². The SMILES string of the molecule is Cc1nc2ccc([N+](=O)[O-])cc2c(N)c1-c1ccccc1. The molecule has 2 aromatic carbocycles. The molecule has 0 amide bonds. The number of nitro groups is 1. The summed E-state index contributed by atoms with van der Waals surface area (Å²) in [4.78, 5) is 15.0. The molecule has 1 aromatic heterocycles. The number of aromatic nitrogens is 1. The molecule has 0 atom stereocenters. The Hall–Kier alpha value is -2.95. The fourth-order valence-electron chi connectivity index (χ4n) is 2.49. The van der Waals surface area contributed by atoms with Crippen LogP contribution in [0.25, 0.3) is 22.0 Å². The standard InChI is InChI=1S/C16H13N3O2/c1-10-15(11-5-3-2-4-6-11)16(17)13-9-12(19(20)21)7-8-14(13)18-10/h2-9H,1H3,(H2,17,18). The van der Waals surface area contributed by atoms with Crippen LogP contribution in [0.15, 0.2) is 48.5 Å². The van der Waals surface area contributed by atoms with Crippen molar-refractivity contribution < 1.29 is 4.92 Å². The molecule has 0 spiro atoms. The zero-order valence-electron chi connectivity index (χ0n) is 11.4. The van der Waals surface area contributed by atoms with E-state index in [-0.39, 0.29) is 5.69 Å². The summed E-state index contributed by atoms with van der Waals surface area (Å²) in [5, 5.41) is 11.5. The van der Waals surface area contributed by atoms with Gasteiger partial charge in [0, 0.05) is 28.8 Å². The number of rotatable bonds is 2. The Morgan fingerprint density at radius 3 is 2.52 bits per heavy atom. The van der Waals surface area contributed by atoms with Gasteiger partial charge < -0.3 is 5.73 Å². The molecule has 5 nitrogen and oxygen atoms in total. The Labute approximate surface area is 121 Å². The van der Waals surface area contributed by atoms with Gasteiger partial charge in [-0.3, -0.25) is 15.1 Å². The van der Waals surface area contributed by atoms with Crippen LogP contribution in [-0.4, -0.2) is 9.91 Å². The van der Waals surface area contributed by atoms with E-state index >= 15 is 0 Å². The van der Waals surface area contributed by atoms with Gasteiger partial charge in [0.2, 0.25) is 0 Å². The van der Waals surface area contributed by atoms with Crippen LogP contribution in [0.3, 0.4) is 0 Å². The number of nitro benzene ring substituents is 1. The third-order valence-electron chi connectivity index (χ3n) is 3.46. The van der Waals surface area contributed by atoms with Gasteiger partial charge in [-0.15, -0.1) is 0 Å². The van der Waals surface area contributed by atoms with Crippen LogP contribution in [0.5, 0.6) is 0 Å². The van der Waals surface area contributed by atoms with Crippen LogP contribution >= 0.6 is 0 Å². The zero-order valence-corrected chi connectivity index (χ0v) is 11.4. The van der Waals surface area contributed by atoms with Crippen LogP contribution in [0.2, 0.25) is 0 Å². The highest BCUT2D eigenvalue weighted by molar-refractivity contribution is 6.00. The van der Waals surface area contributed by atoms with Gasteiger partial charge in [0.25, 0.3) is 5.69 Å². The highest BCUT2D eigenvalue weighted by Crippen LogP contribution is 2.35. The van der Waals surface area contributed by atoms with Gasteiger partial charge in [-0.1, -0.05) is 30.3 Å². The van der Waals surface area contributed by atoms with Crippen LogP contribution in [0, 0.1) is 17.0 Å². The van der Waals surface area contributed by atoms with Gasteiger partial charge in [-0.25, -0.2) is 0 Å². The number of hydrogen-bond donors (Lipinski definition) is 1. The summed E-state index contributed by atoms with van der Waals surface area (Å²) < 4.78 is 0. The molecule has 0 fully saturated rings. The topological polar surface area (TPSA) is 82.0 Å². The Kier molecular flexibility index (Phi) is 3.02. The lowest BCUT2D eigenvalue weighted by Gasteiger charge is -2.12. The third kappa shape index (κ3) is 2.18. The second-order valence-corrected chi connectivity index (χ2v) is 4.81. The van der Waals surface area contributed by atoms with Crippen molar-refractivity contribution in [3.05, 3.63) is 64.3 Å². The quantitative estimate of drug-likeness (QED) is 0.572. The van der Waals surface area contributed by atoms with E-state index in [4.69, 9.17) is 5.73 Å². The van der Waals surface area contributed by atoms with Gasteiger partial charge in [0.05, 0.1) is 16.1 Å². The molecule has 0 aliphatic heterocycles. The minimum Gasteiger partial charge on any atom is -0.398 e. The predicted molar refractivity (Wildman–Crippen MR) is 83.0 cm³/mol. The van der Waals surface area contributed by atoms with Crippen molar-refractivity contribution in [2.45, 2.75) is 6.92 Å². The number of anilines is 1. The van der Waals surface area contributed by atoms with Crippen molar-refractivity contribution in [3.63, 3.8) is 0 Å². The maximum atomic E-state index is 10.9. The largest absolute Gasteiger partial charge is 0.398 e. The van der Waals surface area contributed by atoms with Crippen LogP contribution in [-0.2, 0) is 0 Å². The second kappa shape index (κ2) is 4.86. The molecular formula is C16H13N3O2. The van der Waals surface area contributed by atoms with E-state index in [0.29, 0.717) is 16.6 Å². The average Bonchev–Trinajstić information content (AvgIpc) is 2.48. The van der Waals surface area contributed by atoms with E-state index in [2.05, 4.69) is 4.98 Å². The fourth-order valence-corrected chi connectivity index (χ4v) is 2.49. The number of nitrogens with zero attached hydrogens (tertiary/aromatic N) is 2. The molecule has 0 saturated heterocycles. The third-order valence-corrected chi connectivity index (χ3v) is 3.46. The highest BCUT2D eigenvalue weighted by atomic mass is 16.6. The van der Waals surface area contributed by atoms with Crippen LogP contribution in [0.4, 0.5) is 11.4 Å². The number of non-ortho nitro benzene ring substituents is 1. The van der Waals surface area contributed by atoms with Crippen molar-refractivity contribution in [3.8, 4) is 11.1 Å². The molecule has 104 valence electrons. The van der Waals surface area contributed by atoms with E-state index in [0.717, 1.165) is 16.8 Å². The summed E-state index contributed by atoms with van der Waals surface area (Å²) in [5.41, 5.74) is 10.0. The summed E-state index contributed by atoms with van der Waals surface area (Å²) in [6.45, 7) is 1.89. The number of nitrogens with two attached hydrogens (primary N) is 1. The summed E-state index contributed by atoms with van der Waals surface area (Å²) >= 11 is 0. The lowest BCUT2D eigenvalue weighted by Crippen LogP contribution is -1.99. The first-order valence-corrected chi connectivity index (χ1v) is 6.47. The Balaban J connectivity index is 2.33. The molecule has 0 bridgehead atoms. The molecule has 0 aliphatic rings. The van der Waals surface area contributed by atoms with Gasteiger partial charge in [-0.2, -0.15) is 0 Å². The number of nitrogen functional groups attached to an aromatic ring is 1. The summed E-state index contributed by atoms with van der Waals surface area (Å²) in [6.07, 6.45) is 0. The van der Waals surface area contributed by atoms with Gasteiger partial charge in [0.15, 0.2) is 0 Å². The minimum absolute atomic E-state index is 0.0128. The van der Waals surface area contributed by atoms with Gasteiger partial charge in [-0.05, 0) is 18.6 Å². The van der Waals surface area contributed by atoms with E-state index < -0.39 is 4.92 Å². The Bertz CT molecular complexity index is 845.